The first-order valence-electron chi connectivity index (χ1n) is 7.83. The van der Waals surface area contributed by atoms with Gasteiger partial charge in [0.2, 0.25) is 5.89 Å². The van der Waals surface area contributed by atoms with E-state index in [2.05, 4.69) is 9.88 Å². The number of oxazole rings is 1. The molecular weight excluding hydrogens is 330 g/mol. The van der Waals surface area contributed by atoms with Crippen LogP contribution in [0, 0.1) is 0 Å². The van der Waals surface area contributed by atoms with Crippen LogP contribution in [0.1, 0.15) is 5.89 Å². The van der Waals surface area contributed by atoms with Gasteiger partial charge in [0.25, 0.3) is 0 Å². The topological polar surface area (TPSA) is 79.0 Å². The van der Waals surface area contributed by atoms with E-state index < -0.39 is 5.97 Å². The first-order valence-corrected chi connectivity index (χ1v) is 8.71. The van der Waals surface area contributed by atoms with E-state index in [4.69, 9.17) is 14.3 Å². The smallest absolute Gasteiger partial charge is 0.317 e. The van der Waals surface area contributed by atoms with Gasteiger partial charge in [-0.3, -0.25) is 14.6 Å². The maximum atomic E-state index is 10.7. The van der Waals surface area contributed by atoms with Crippen molar-refractivity contribution in [2.75, 3.05) is 39.8 Å². The van der Waals surface area contributed by atoms with E-state index in [0.717, 1.165) is 23.7 Å². The Kier molecular flexibility index (Phi) is 5.62. The molecule has 0 aliphatic carbocycles. The van der Waals surface area contributed by atoms with Crippen LogP contribution in [0.25, 0.3) is 10.6 Å². The Morgan fingerprint density at radius 1 is 1.58 bits per heavy atom. The first-order chi connectivity index (χ1) is 11.6. The van der Waals surface area contributed by atoms with E-state index in [-0.39, 0.29) is 12.6 Å². The zero-order valence-corrected chi connectivity index (χ0v) is 14.4. The van der Waals surface area contributed by atoms with Crippen LogP contribution in [0.4, 0.5) is 0 Å². The minimum Gasteiger partial charge on any atom is -0.480 e. The summed E-state index contributed by atoms with van der Waals surface area (Å²) >= 11 is 1.63. The molecule has 1 atom stereocenters. The van der Waals surface area contributed by atoms with Crippen LogP contribution in [0.5, 0.6) is 0 Å². The van der Waals surface area contributed by atoms with Crippen LogP contribution in [0.15, 0.2) is 28.1 Å². The summed E-state index contributed by atoms with van der Waals surface area (Å²) in [5.74, 6) is 0.662. The number of carboxylic acid groups (broad SMARTS) is 1. The third kappa shape index (κ3) is 4.64. The molecule has 2 aromatic heterocycles. The Labute approximate surface area is 144 Å². The minimum atomic E-state index is -0.828. The number of aliphatic carboxylic acids is 1. The fourth-order valence-corrected chi connectivity index (χ4v) is 3.46. The predicted molar refractivity (Wildman–Crippen MR) is 90.0 cm³/mol. The van der Waals surface area contributed by atoms with Gasteiger partial charge in [-0.2, -0.15) is 0 Å². The molecule has 0 radical (unpaired) electrons. The summed E-state index contributed by atoms with van der Waals surface area (Å²) in [6.07, 6.45) is 1.76. The lowest BCUT2D eigenvalue weighted by Gasteiger charge is -2.33. The number of carbonyl (C=O) groups is 1. The third-order valence-corrected chi connectivity index (χ3v) is 4.70. The molecule has 3 heterocycles. The minimum absolute atomic E-state index is 0.00479. The lowest BCUT2D eigenvalue weighted by Crippen LogP contribution is -2.47. The molecule has 1 aliphatic heterocycles. The highest BCUT2D eigenvalue weighted by Gasteiger charge is 2.23. The third-order valence-electron chi connectivity index (χ3n) is 3.82. The van der Waals surface area contributed by atoms with Gasteiger partial charge in [0.15, 0.2) is 5.76 Å². The van der Waals surface area contributed by atoms with E-state index in [1.54, 1.807) is 29.5 Å². The molecule has 7 nitrogen and oxygen atoms in total. The van der Waals surface area contributed by atoms with Crippen molar-refractivity contribution in [1.82, 2.24) is 14.8 Å². The van der Waals surface area contributed by atoms with Crippen molar-refractivity contribution < 1.29 is 19.1 Å². The van der Waals surface area contributed by atoms with Crippen molar-refractivity contribution in [1.29, 1.82) is 0 Å². The first kappa shape index (κ1) is 17.1. The molecular formula is C16H21N3O4S. The number of likely N-dealkylation sites (N-methyl/N-ethyl adjacent to an activating group) is 1. The number of carboxylic acids is 1. The lowest BCUT2D eigenvalue weighted by atomic mass is 10.2. The van der Waals surface area contributed by atoms with Gasteiger partial charge in [-0.1, -0.05) is 6.07 Å². The van der Waals surface area contributed by atoms with Crippen molar-refractivity contribution >= 4 is 17.3 Å². The van der Waals surface area contributed by atoms with E-state index in [1.807, 2.05) is 17.5 Å². The van der Waals surface area contributed by atoms with E-state index in [1.165, 1.54) is 0 Å². The predicted octanol–water partition coefficient (Wildman–Crippen LogP) is 1.62. The van der Waals surface area contributed by atoms with Crippen molar-refractivity contribution in [2.24, 2.45) is 0 Å². The van der Waals surface area contributed by atoms with Gasteiger partial charge in [-0.05, 0) is 18.5 Å². The number of aromatic nitrogens is 1. The number of hydrogen-bond donors (Lipinski definition) is 1. The molecule has 1 aliphatic rings. The average molecular weight is 351 g/mol. The maximum absolute atomic E-state index is 10.7. The van der Waals surface area contributed by atoms with Crippen molar-refractivity contribution in [3.05, 3.63) is 29.6 Å². The number of rotatable bonds is 7. The van der Waals surface area contributed by atoms with Gasteiger partial charge in [0, 0.05) is 19.6 Å². The Bertz CT molecular complexity index is 658. The largest absolute Gasteiger partial charge is 0.480 e. The summed E-state index contributed by atoms with van der Waals surface area (Å²) in [7, 11) is 1.79. The van der Waals surface area contributed by atoms with Crippen LogP contribution < -0.4 is 0 Å². The van der Waals surface area contributed by atoms with Crippen molar-refractivity contribution in [2.45, 2.75) is 12.6 Å². The zero-order chi connectivity index (χ0) is 16.9. The monoisotopic (exact) mass is 351 g/mol. The molecule has 24 heavy (non-hydrogen) atoms. The highest BCUT2D eigenvalue weighted by atomic mass is 32.1. The summed E-state index contributed by atoms with van der Waals surface area (Å²) in [5, 5.41) is 10.8. The zero-order valence-electron chi connectivity index (χ0n) is 13.6. The van der Waals surface area contributed by atoms with Gasteiger partial charge >= 0.3 is 5.97 Å². The summed E-state index contributed by atoms with van der Waals surface area (Å²) in [5.41, 5.74) is 0. The summed E-state index contributed by atoms with van der Waals surface area (Å²) in [6, 6.07) is 4.00. The van der Waals surface area contributed by atoms with Gasteiger partial charge in [-0.25, -0.2) is 4.98 Å². The molecule has 3 rings (SSSR count). The maximum Gasteiger partial charge on any atom is 0.317 e. The Balaban J connectivity index is 1.53. The summed E-state index contributed by atoms with van der Waals surface area (Å²) in [6.45, 7) is 3.42. The van der Waals surface area contributed by atoms with E-state index in [0.29, 0.717) is 25.6 Å². The summed E-state index contributed by atoms with van der Waals surface area (Å²) < 4.78 is 11.6. The van der Waals surface area contributed by atoms with Gasteiger partial charge in [0.1, 0.15) is 0 Å². The second-order valence-corrected chi connectivity index (χ2v) is 6.86. The van der Waals surface area contributed by atoms with Gasteiger partial charge < -0.3 is 14.3 Å². The number of thiophene rings is 1. The lowest BCUT2D eigenvalue weighted by molar-refractivity contribution is -0.138. The fourth-order valence-electron chi connectivity index (χ4n) is 2.78. The SMILES string of the molecule is CN(CC(=O)O)CC1CN(Cc2ncc(-c3cccs3)o2)CCO1. The standard InChI is InChI=1S/C16H21N3O4S/c1-18(11-16(20)21)8-12-9-19(4-5-22-12)10-15-17-7-13(23-15)14-3-2-6-24-14/h2-3,6-7,12H,4-5,8-11H2,1H3,(H,20,21). The molecule has 1 fully saturated rings. The van der Waals surface area contributed by atoms with Crippen LogP contribution in [0.2, 0.25) is 0 Å². The molecule has 1 unspecified atom stereocenters. The molecule has 0 spiro atoms. The van der Waals surface area contributed by atoms with Crippen molar-refractivity contribution in [3.8, 4) is 10.6 Å². The van der Waals surface area contributed by atoms with Crippen LogP contribution in [0.3, 0.4) is 0 Å². The van der Waals surface area contributed by atoms with Gasteiger partial charge in [-0.15, -0.1) is 11.3 Å². The Hall–Kier alpha value is -1.74. The number of ether oxygens (including phenoxy) is 1. The Morgan fingerprint density at radius 3 is 3.21 bits per heavy atom. The van der Waals surface area contributed by atoms with E-state index >= 15 is 0 Å². The second-order valence-electron chi connectivity index (χ2n) is 5.91. The highest BCUT2D eigenvalue weighted by Crippen LogP contribution is 2.25. The number of morpholine rings is 1. The molecule has 0 saturated carbocycles. The van der Waals surface area contributed by atoms with E-state index in [9.17, 15) is 4.79 Å². The van der Waals surface area contributed by atoms with Crippen LogP contribution in [-0.2, 0) is 16.1 Å². The quantitative estimate of drug-likeness (QED) is 0.812. The van der Waals surface area contributed by atoms with Crippen molar-refractivity contribution in [3.63, 3.8) is 0 Å². The molecule has 0 amide bonds. The Morgan fingerprint density at radius 2 is 2.46 bits per heavy atom. The molecule has 0 bridgehead atoms. The summed E-state index contributed by atoms with van der Waals surface area (Å²) in [4.78, 5) is 20.2. The molecule has 130 valence electrons. The second kappa shape index (κ2) is 7.89. The average Bonchev–Trinajstić information content (AvgIpc) is 3.17. The number of nitrogens with zero attached hydrogens (tertiary/aromatic N) is 3. The highest BCUT2D eigenvalue weighted by molar-refractivity contribution is 7.13. The molecule has 1 N–H and O–H groups in total. The normalized spacial score (nSPS) is 19.0. The molecule has 8 heteroatoms. The number of hydrogen-bond acceptors (Lipinski definition) is 7. The van der Waals surface area contributed by atoms with Crippen LogP contribution >= 0.6 is 11.3 Å². The molecule has 0 aromatic carbocycles. The molecule has 2 aromatic rings. The van der Waals surface area contributed by atoms with Gasteiger partial charge in [0.05, 0.1) is 36.9 Å². The molecule has 1 saturated heterocycles. The fraction of sp³-hybridized carbons (Fsp3) is 0.500. The van der Waals surface area contributed by atoms with Crippen LogP contribution in [-0.4, -0.2) is 71.8 Å².